The van der Waals surface area contributed by atoms with Crippen molar-refractivity contribution in [2.24, 2.45) is 0 Å². The maximum Gasteiger partial charge on any atom is 0.407 e. The largest absolute Gasteiger partial charge is 0.488 e. The number of ether oxygens (including phenoxy) is 3. The van der Waals surface area contributed by atoms with E-state index in [1.165, 1.54) is 14.2 Å². The number of carbonyl (C=O) groups excluding carboxylic acids is 4. The van der Waals surface area contributed by atoms with Gasteiger partial charge in [0.25, 0.3) is 0 Å². The maximum absolute atomic E-state index is 13.2. The van der Waals surface area contributed by atoms with Crippen LogP contribution in [0.3, 0.4) is 0 Å². The highest BCUT2D eigenvalue weighted by atomic mass is 16.5. The summed E-state index contributed by atoms with van der Waals surface area (Å²) in [6.45, 7) is 4.11. The molecule has 0 saturated carbocycles. The fourth-order valence-electron chi connectivity index (χ4n) is 8.25. The van der Waals surface area contributed by atoms with Crippen LogP contribution in [0.1, 0.15) is 68.8 Å². The first kappa shape index (κ1) is 34.9. The summed E-state index contributed by atoms with van der Waals surface area (Å²) in [5, 5.41) is 6.95. The zero-order valence-electron chi connectivity index (χ0n) is 30.5. The molecule has 15 heteroatoms. The Hall–Kier alpha value is -6.12. The average molecular weight is 735 g/mol. The number of carbonyl (C=O) groups is 4. The number of hydrogen-bond donors (Lipinski definition) is 4. The van der Waals surface area contributed by atoms with E-state index in [1.54, 1.807) is 16.0 Å². The van der Waals surface area contributed by atoms with Crippen molar-refractivity contribution >= 4 is 45.8 Å². The van der Waals surface area contributed by atoms with Gasteiger partial charge in [-0.15, -0.1) is 0 Å². The molecule has 5 heterocycles. The van der Waals surface area contributed by atoms with Gasteiger partial charge in [0.2, 0.25) is 11.8 Å². The second-order valence-corrected chi connectivity index (χ2v) is 14.2. The molecule has 280 valence electrons. The molecule has 8 rings (SSSR count). The molecule has 2 fully saturated rings. The van der Waals surface area contributed by atoms with Gasteiger partial charge in [0, 0.05) is 23.0 Å². The summed E-state index contributed by atoms with van der Waals surface area (Å²) < 4.78 is 15.6. The molecule has 0 bridgehead atoms. The summed E-state index contributed by atoms with van der Waals surface area (Å²) in [7, 11) is 2.53. The topological polar surface area (TPSA) is 184 Å². The van der Waals surface area contributed by atoms with Gasteiger partial charge in [-0.25, -0.2) is 19.6 Å². The molecule has 4 amide bonds. The van der Waals surface area contributed by atoms with Crippen molar-refractivity contribution in [3.63, 3.8) is 0 Å². The van der Waals surface area contributed by atoms with Crippen LogP contribution in [0.4, 0.5) is 9.59 Å². The smallest absolute Gasteiger partial charge is 0.407 e. The molecule has 4 N–H and O–H groups in total. The van der Waals surface area contributed by atoms with Crippen LogP contribution in [0, 0.1) is 0 Å². The number of nitrogens with one attached hydrogen (secondary N) is 4. The van der Waals surface area contributed by atoms with Crippen LogP contribution in [0.2, 0.25) is 0 Å². The molecule has 54 heavy (non-hydrogen) atoms. The highest BCUT2D eigenvalue weighted by molar-refractivity contribution is 6.07. The molecule has 0 radical (unpaired) electrons. The molecule has 2 unspecified atom stereocenters. The Labute approximate surface area is 310 Å². The van der Waals surface area contributed by atoms with Gasteiger partial charge >= 0.3 is 12.2 Å². The van der Waals surface area contributed by atoms with Crippen molar-refractivity contribution in [3.8, 4) is 28.1 Å². The SMILES string of the molecule is COC(=O)NCC(=O)N1C(c2ncc(-c3ccc4c(c3)COc3cc5c(ccc6[nH]c(C7CC[C@H](C)N7C(=O)CNC(=O)OC)nc65)cc3-4)[nH]2)CC[C@@H]1C. The second kappa shape index (κ2) is 14.0. The number of nitrogens with zero attached hydrogens (tertiary/aromatic N) is 4. The molecule has 3 aromatic carbocycles. The van der Waals surface area contributed by atoms with Gasteiger partial charge in [0.05, 0.1) is 49.2 Å². The number of aromatic nitrogens is 4. The van der Waals surface area contributed by atoms with Crippen LogP contribution in [0.5, 0.6) is 5.75 Å². The zero-order chi connectivity index (χ0) is 37.7. The Kier molecular flexibility index (Phi) is 9.07. The Bertz CT molecular complexity index is 2300. The normalized spacial score (nSPS) is 20.4. The van der Waals surface area contributed by atoms with Crippen molar-refractivity contribution in [2.75, 3.05) is 27.3 Å². The molecule has 2 aromatic heterocycles. The third-order valence-corrected chi connectivity index (χ3v) is 11.0. The van der Waals surface area contributed by atoms with Gasteiger partial charge in [-0.05, 0) is 85.9 Å². The van der Waals surface area contributed by atoms with Crippen LogP contribution in [-0.2, 0) is 25.7 Å². The predicted octanol–water partition coefficient (Wildman–Crippen LogP) is 5.48. The summed E-state index contributed by atoms with van der Waals surface area (Å²) in [4.78, 5) is 69.6. The molecular weight excluding hydrogens is 692 g/mol. The third-order valence-electron chi connectivity index (χ3n) is 11.0. The number of alkyl carbamates (subject to hydrolysis) is 2. The molecule has 4 atom stereocenters. The van der Waals surface area contributed by atoms with E-state index < -0.39 is 12.2 Å². The number of benzene rings is 3. The third kappa shape index (κ3) is 6.22. The maximum atomic E-state index is 13.2. The number of aromatic amines is 2. The lowest BCUT2D eigenvalue weighted by Gasteiger charge is -2.27. The first-order valence-electron chi connectivity index (χ1n) is 18.2. The Balaban J connectivity index is 1.04. The molecule has 15 nitrogen and oxygen atoms in total. The predicted molar refractivity (Wildman–Crippen MR) is 198 cm³/mol. The number of fused-ring (bicyclic) bond motifs is 6. The Morgan fingerprint density at radius 1 is 0.815 bits per heavy atom. The second-order valence-electron chi connectivity index (χ2n) is 14.2. The monoisotopic (exact) mass is 734 g/mol. The molecule has 3 aliphatic heterocycles. The Morgan fingerprint density at radius 3 is 2.15 bits per heavy atom. The summed E-state index contributed by atoms with van der Waals surface area (Å²) in [5.74, 6) is 1.81. The quantitative estimate of drug-likeness (QED) is 0.168. The zero-order valence-corrected chi connectivity index (χ0v) is 30.5. The van der Waals surface area contributed by atoms with Crippen molar-refractivity contribution in [1.29, 1.82) is 0 Å². The summed E-state index contributed by atoms with van der Waals surface area (Å²) in [5.41, 5.74) is 6.59. The first-order chi connectivity index (χ1) is 26.1. The number of amides is 4. The lowest BCUT2D eigenvalue weighted by atomic mass is 9.92. The van der Waals surface area contributed by atoms with E-state index in [2.05, 4.69) is 65.4 Å². The minimum Gasteiger partial charge on any atom is -0.488 e. The van der Waals surface area contributed by atoms with Gasteiger partial charge in [0.1, 0.15) is 37.1 Å². The van der Waals surface area contributed by atoms with E-state index >= 15 is 0 Å². The molecule has 0 aliphatic carbocycles. The minimum atomic E-state index is -0.645. The number of methoxy groups -OCH3 is 2. The Morgan fingerprint density at radius 2 is 1.48 bits per heavy atom. The van der Waals surface area contributed by atoms with Crippen molar-refractivity contribution < 1.29 is 33.4 Å². The first-order valence-corrected chi connectivity index (χ1v) is 18.2. The van der Waals surface area contributed by atoms with Crippen LogP contribution in [0.25, 0.3) is 44.2 Å². The van der Waals surface area contributed by atoms with Crippen molar-refractivity contribution in [2.45, 2.75) is 70.3 Å². The summed E-state index contributed by atoms with van der Waals surface area (Å²) in [6.07, 6.45) is 3.69. The molecule has 5 aromatic rings. The van der Waals surface area contributed by atoms with Gasteiger partial charge in [0.15, 0.2) is 0 Å². The fraction of sp³-hybridized carbons (Fsp3) is 0.385. The van der Waals surface area contributed by atoms with E-state index in [-0.39, 0.29) is 49.1 Å². The molecular formula is C39H42N8O7. The number of imidazole rings is 2. The van der Waals surface area contributed by atoms with Crippen LogP contribution >= 0.6 is 0 Å². The standard InChI is InChI=1S/C39H42N8O7/c1-20-5-11-30(46(20)33(48)17-41-38(50)52-3)36-40-16-29(44-36)23-7-9-25-24(13-23)19-54-32-15-26-22(14-27(25)32)8-10-28-35(26)45-37(43-28)31-12-6-21(2)47(31)34(49)18-42-39(51)53-4/h7-10,13-16,20-21,30-31H,5-6,11-12,17-19H2,1-4H3,(H,40,44)(H,41,50)(H,42,51)(H,43,45)/t20-,21-,30?,31?/m0/s1. The van der Waals surface area contributed by atoms with Gasteiger partial charge in [-0.3, -0.25) is 9.59 Å². The van der Waals surface area contributed by atoms with E-state index in [0.29, 0.717) is 18.3 Å². The minimum absolute atomic E-state index is 0.00327. The molecule has 3 aliphatic rings. The number of hydrogen-bond acceptors (Lipinski definition) is 9. The van der Waals surface area contributed by atoms with Crippen LogP contribution in [-0.4, -0.2) is 93.1 Å². The van der Waals surface area contributed by atoms with Gasteiger partial charge < -0.3 is 44.6 Å². The molecule has 2 saturated heterocycles. The van der Waals surface area contributed by atoms with Crippen LogP contribution < -0.4 is 15.4 Å². The summed E-state index contributed by atoms with van der Waals surface area (Å²) >= 11 is 0. The van der Waals surface area contributed by atoms with Gasteiger partial charge in [-0.1, -0.05) is 18.2 Å². The van der Waals surface area contributed by atoms with Crippen LogP contribution in [0.15, 0.2) is 48.7 Å². The highest BCUT2D eigenvalue weighted by Crippen LogP contribution is 2.44. The number of H-pyrrole nitrogens is 2. The summed E-state index contributed by atoms with van der Waals surface area (Å²) in [6, 6.07) is 14.1. The number of rotatable bonds is 7. The van der Waals surface area contributed by atoms with Crippen molar-refractivity contribution in [3.05, 3.63) is 65.9 Å². The fourth-order valence-corrected chi connectivity index (χ4v) is 8.25. The van der Waals surface area contributed by atoms with E-state index in [4.69, 9.17) is 9.72 Å². The van der Waals surface area contributed by atoms with E-state index in [1.807, 2.05) is 26.0 Å². The van der Waals surface area contributed by atoms with Crippen molar-refractivity contribution in [1.82, 2.24) is 40.4 Å². The lowest BCUT2D eigenvalue weighted by Crippen LogP contribution is -2.43. The number of likely N-dealkylation sites (tertiary alicyclic amines) is 2. The highest BCUT2D eigenvalue weighted by Gasteiger charge is 2.38. The average Bonchev–Trinajstić information content (AvgIpc) is 4.00. The molecule has 0 spiro atoms. The van der Waals surface area contributed by atoms with E-state index in [0.717, 1.165) is 81.2 Å². The lowest BCUT2D eigenvalue weighted by molar-refractivity contribution is -0.133. The van der Waals surface area contributed by atoms with Gasteiger partial charge in [-0.2, -0.15) is 0 Å². The van der Waals surface area contributed by atoms with E-state index in [9.17, 15) is 19.2 Å².